The molecule has 0 amide bonds. The average Bonchev–Trinajstić information content (AvgIpc) is 2.46. The number of benzene rings is 1. The first kappa shape index (κ1) is 15.7. The summed E-state index contributed by atoms with van der Waals surface area (Å²) in [6.45, 7) is 4.00. The van der Waals surface area contributed by atoms with Crippen molar-refractivity contribution in [2.45, 2.75) is 31.4 Å². The van der Waals surface area contributed by atoms with Gasteiger partial charge in [0.2, 0.25) is 0 Å². The second-order valence-corrected chi connectivity index (χ2v) is 5.47. The van der Waals surface area contributed by atoms with Crippen molar-refractivity contribution in [1.29, 1.82) is 0 Å². The minimum Gasteiger partial charge on any atom is -0.381 e. The maximum atomic E-state index is 14.3. The lowest BCUT2D eigenvalue weighted by Crippen LogP contribution is -2.49. The highest BCUT2D eigenvalue weighted by Crippen LogP contribution is 2.38. The van der Waals surface area contributed by atoms with Crippen molar-refractivity contribution in [3.63, 3.8) is 0 Å². The van der Waals surface area contributed by atoms with Gasteiger partial charge in [0.25, 0.3) is 0 Å². The van der Waals surface area contributed by atoms with Crippen LogP contribution in [-0.4, -0.2) is 32.5 Å². The molecular formula is C15H21ClFNO2. The van der Waals surface area contributed by atoms with Gasteiger partial charge in [-0.25, -0.2) is 4.39 Å². The van der Waals surface area contributed by atoms with Crippen molar-refractivity contribution in [2.75, 3.05) is 26.9 Å². The number of nitrogens with one attached hydrogen (secondary N) is 1. The van der Waals surface area contributed by atoms with Crippen LogP contribution in [0, 0.1) is 5.82 Å². The summed E-state index contributed by atoms with van der Waals surface area (Å²) in [7, 11) is 1.68. The van der Waals surface area contributed by atoms with Crippen LogP contribution in [0.1, 0.15) is 31.4 Å². The molecule has 0 bridgehead atoms. The molecule has 0 aliphatic carbocycles. The maximum Gasteiger partial charge on any atom is 0.129 e. The van der Waals surface area contributed by atoms with E-state index < -0.39 is 5.60 Å². The average molecular weight is 302 g/mol. The lowest BCUT2D eigenvalue weighted by Gasteiger charge is -2.43. The molecule has 1 aliphatic rings. The van der Waals surface area contributed by atoms with E-state index >= 15 is 0 Å². The minimum atomic E-state index is -0.442. The molecule has 1 aliphatic heterocycles. The molecule has 3 nitrogen and oxygen atoms in total. The molecule has 1 atom stereocenters. The third kappa shape index (κ3) is 3.14. The highest BCUT2D eigenvalue weighted by atomic mass is 35.5. The van der Waals surface area contributed by atoms with E-state index in [-0.39, 0.29) is 11.9 Å². The van der Waals surface area contributed by atoms with Crippen LogP contribution in [0.5, 0.6) is 0 Å². The molecular weight excluding hydrogens is 281 g/mol. The second-order valence-electron chi connectivity index (χ2n) is 5.04. The largest absolute Gasteiger partial charge is 0.381 e. The molecule has 1 unspecified atom stereocenters. The van der Waals surface area contributed by atoms with Gasteiger partial charge in [-0.2, -0.15) is 0 Å². The van der Waals surface area contributed by atoms with Gasteiger partial charge in [-0.1, -0.05) is 24.6 Å². The van der Waals surface area contributed by atoms with Crippen LogP contribution < -0.4 is 5.32 Å². The fourth-order valence-electron chi connectivity index (χ4n) is 2.85. The Morgan fingerprint density at radius 1 is 1.45 bits per heavy atom. The summed E-state index contributed by atoms with van der Waals surface area (Å²) in [5, 5.41) is 3.76. The number of likely N-dealkylation sites (N-methyl/N-ethyl adjacent to an activating group) is 1. The Balaban J connectivity index is 2.38. The highest BCUT2D eigenvalue weighted by Gasteiger charge is 2.42. The third-order valence-corrected chi connectivity index (χ3v) is 4.19. The van der Waals surface area contributed by atoms with Crippen molar-refractivity contribution in [1.82, 2.24) is 5.32 Å². The van der Waals surface area contributed by atoms with Crippen LogP contribution in [0.25, 0.3) is 0 Å². The molecule has 20 heavy (non-hydrogen) atoms. The van der Waals surface area contributed by atoms with Gasteiger partial charge in [-0.3, -0.25) is 0 Å². The summed E-state index contributed by atoms with van der Waals surface area (Å²) in [6.07, 6.45) is 1.48. The molecule has 1 aromatic carbocycles. The molecule has 0 spiro atoms. The summed E-state index contributed by atoms with van der Waals surface area (Å²) < 4.78 is 25.5. The number of ether oxygens (including phenoxy) is 2. The lowest BCUT2D eigenvalue weighted by molar-refractivity contribution is -0.112. The first-order valence-electron chi connectivity index (χ1n) is 6.94. The van der Waals surface area contributed by atoms with Crippen molar-refractivity contribution in [3.8, 4) is 0 Å². The number of methoxy groups -OCH3 is 1. The lowest BCUT2D eigenvalue weighted by atomic mass is 9.81. The van der Waals surface area contributed by atoms with E-state index in [4.69, 9.17) is 21.1 Å². The molecule has 1 N–H and O–H groups in total. The molecule has 1 fully saturated rings. The van der Waals surface area contributed by atoms with Crippen LogP contribution in [0.15, 0.2) is 18.2 Å². The van der Waals surface area contributed by atoms with Crippen LogP contribution in [0.2, 0.25) is 5.02 Å². The zero-order chi connectivity index (χ0) is 14.6. The van der Waals surface area contributed by atoms with Crippen LogP contribution in [-0.2, 0) is 9.47 Å². The zero-order valence-electron chi connectivity index (χ0n) is 11.9. The highest BCUT2D eigenvalue weighted by molar-refractivity contribution is 6.30. The summed E-state index contributed by atoms with van der Waals surface area (Å²) in [6, 6.07) is 4.59. The van der Waals surface area contributed by atoms with Crippen LogP contribution in [0.4, 0.5) is 4.39 Å². The van der Waals surface area contributed by atoms with E-state index in [1.165, 1.54) is 6.07 Å². The van der Waals surface area contributed by atoms with Crippen molar-refractivity contribution >= 4 is 11.6 Å². The molecule has 1 heterocycles. The normalized spacial score (nSPS) is 19.8. The van der Waals surface area contributed by atoms with Gasteiger partial charge in [-0.15, -0.1) is 0 Å². The summed E-state index contributed by atoms with van der Waals surface area (Å²) in [4.78, 5) is 0. The fraction of sp³-hybridized carbons (Fsp3) is 0.600. The van der Waals surface area contributed by atoms with Gasteiger partial charge in [-0.05, 0) is 18.7 Å². The van der Waals surface area contributed by atoms with Crippen LogP contribution in [0.3, 0.4) is 0 Å². The Morgan fingerprint density at radius 2 is 2.15 bits per heavy atom. The predicted molar refractivity (Wildman–Crippen MR) is 77.6 cm³/mol. The van der Waals surface area contributed by atoms with Gasteiger partial charge in [0.15, 0.2) is 0 Å². The topological polar surface area (TPSA) is 30.5 Å². The van der Waals surface area contributed by atoms with Gasteiger partial charge in [0.1, 0.15) is 5.82 Å². The monoisotopic (exact) mass is 301 g/mol. The zero-order valence-corrected chi connectivity index (χ0v) is 12.7. The third-order valence-electron chi connectivity index (χ3n) is 3.95. The minimum absolute atomic E-state index is 0.210. The van der Waals surface area contributed by atoms with Crippen molar-refractivity contribution in [2.24, 2.45) is 0 Å². The van der Waals surface area contributed by atoms with Gasteiger partial charge in [0, 0.05) is 43.8 Å². The number of halogens is 2. The standard InChI is InChI=1S/C15H21ClFNO2/c1-3-18-14(12-5-4-11(16)10-13(12)17)15(19-2)6-8-20-9-7-15/h4-5,10,14,18H,3,6-9H2,1-2H3. The Hall–Kier alpha value is -0.680. The second kappa shape index (κ2) is 6.85. The molecule has 0 radical (unpaired) electrons. The first-order valence-corrected chi connectivity index (χ1v) is 7.32. The SMILES string of the molecule is CCNC(c1ccc(Cl)cc1F)C1(OC)CCOCC1. The Labute approximate surface area is 124 Å². The summed E-state index contributed by atoms with van der Waals surface area (Å²) >= 11 is 5.84. The van der Waals surface area contributed by atoms with E-state index in [0.717, 1.165) is 19.4 Å². The van der Waals surface area contributed by atoms with E-state index in [0.29, 0.717) is 23.8 Å². The number of hydrogen-bond acceptors (Lipinski definition) is 3. The summed E-state index contributed by atoms with van der Waals surface area (Å²) in [5.74, 6) is -0.300. The van der Waals surface area contributed by atoms with Crippen LogP contribution >= 0.6 is 11.6 Å². The Bertz CT molecular complexity index is 449. The Kier molecular flexibility index (Phi) is 5.38. The molecule has 0 aromatic heterocycles. The van der Waals surface area contributed by atoms with E-state index in [1.807, 2.05) is 6.92 Å². The van der Waals surface area contributed by atoms with Gasteiger partial charge >= 0.3 is 0 Å². The Morgan fingerprint density at radius 3 is 2.70 bits per heavy atom. The number of rotatable bonds is 5. The van der Waals surface area contributed by atoms with E-state index in [1.54, 1.807) is 19.2 Å². The molecule has 2 rings (SSSR count). The van der Waals surface area contributed by atoms with E-state index in [9.17, 15) is 4.39 Å². The maximum absolute atomic E-state index is 14.3. The molecule has 0 saturated carbocycles. The quantitative estimate of drug-likeness (QED) is 0.905. The molecule has 1 saturated heterocycles. The first-order chi connectivity index (χ1) is 9.63. The smallest absolute Gasteiger partial charge is 0.129 e. The molecule has 1 aromatic rings. The van der Waals surface area contributed by atoms with Crippen molar-refractivity contribution < 1.29 is 13.9 Å². The predicted octanol–water partition coefficient (Wildman–Crippen LogP) is 3.33. The summed E-state index contributed by atoms with van der Waals surface area (Å²) in [5.41, 5.74) is 0.156. The van der Waals surface area contributed by atoms with Gasteiger partial charge in [0.05, 0.1) is 11.6 Å². The molecule has 5 heteroatoms. The fourth-order valence-corrected chi connectivity index (χ4v) is 3.01. The number of hydrogen-bond donors (Lipinski definition) is 1. The molecule has 112 valence electrons. The van der Waals surface area contributed by atoms with E-state index in [2.05, 4.69) is 5.32 Å². The van der Waals surface area contributed by atoms with Gasteiger partial charge < -0.3 is 14.8 Å². The van der Waals surface area contributed by atoms with Crippen molar-refractivity contribution in [3.05, 3.63) is 34.6 Å².